The number of carboxylic acid groups (broad SMARTS) is 1. The van der Waals surface area contributed by atoms with E-state index in [1.807, 2.05) is 115 Å². The van der Waals surface area contributed by atoms with Gasteiger partial charge in [-0.05, 0) is 82.2 Å². The maximum Gasteiger partial charge on any atom is 0.339 e. The Morgan fingerprint density at radius 2 is 0.805 bits per heavy atom. The monoisotopic (exact) mass is 1620 g/mol. The number of phenols is 4. The molecule has 2 aliphatic carbocycles. The second-order valence-corrected chi connectivity index (χ2v) is 27.9. The molecule has 10 N–H and O–H groups in total. The highest BCUT2D eigenvalue weighted by atomic mass is 19.0. The van der Waals surface area contributed by atoms with E-state index >= 15 is 0 Å². The van der Waals surface area contributed by atoms with E-state index in [-0.39, 0.29) is 103 Å². The number of aromatic hydroxyl groups is 4. The number of halogens is 1. The first-order valence-electron chi connectivity index (χ1n) is 37.7. The number of aromatic amines is 2. The summed E-state index contributed by atoms with van der Waals surface area (Å²) in [5.41, 5.74) is 10.3. The average Bonchev–Trinajstić information content (AvgIpc) is 1.69. The van der Waals surface area contributed by atoms with Crippen molar-refractivity contribution in [3.8, 4) is 74.6 Å². The minimum atomic E-state index is -1.32. The van der Waals surface area contributed by atoms with E-state index in [2.05, 4.69) is 40.7 Å². The standard InChI is InChI=1S/C32H18N8.C27H16N4O4.C22H16N2O4.C15H11NO3.FH.H2/c1-2-10-18-17(9-1)25-33-26(18)38-28-21-13-5-6-14-22(21)30(35-28)40-32-24-16-8-7-15-23(24)31(36-32)39-29-20-12-4-3-11-19(20)27(34-29)37-25;1-29-26(23(13-28)30-14-21-18-8-4-2-6-16(18)10-11-24(21)32)31-15-22-19-9-5-3-7-17(19)12-20(25(22)33)27(34)35;1-12(25)23-13-6-8-14(9-7-13)24-17-10-11-18(26)20-19(17)21(27)15-4-2-3-5-16(15)22(20)28;1-16-10-6-7-11(17)13-12(10)14(18)8-4-2-3-5-9(8)15(13)19;;/h1-16H,(H2,33,34,35,36,37,38,39,40);2-12,14-15,32-33H,(H,34,35);2-11,24,26H,1H3,(H,23,25);2-7,16-17H,1H3;2*1H/b;26-23-,30-14?,31-15?;;;;. The average molecular weight is 1620 g/mol. The molecular weight excluding hydrogens is 1560 g/mol. The fourth-order valence-electron chi connectivity index (χ4n) is 14.9. The number of anilines is 4. The van der Waals surface area contributed by atoms with Gasteiger partial charge >= 0.3 is 11.8 Å². The van der Waals surface area contributed by atoms with E-state index in [4.69, 9.17) is 36.5 Å². The minimum absolute atomic E-state index is 0. The number of hydrogen-bond donors (Lipinski definition) is 10. The third-order valence-electron chi connectivity index (χ3n) is 20.6. The first kappa shape index (κ1) is 79.0. The number of aromatic carboxylic acids is 1. The van der Waals surface area contributed by atoms with Crippen LogP contribution in [0.15, 0.2) is 282 Å². The molecule has 4 aliphatic rings. The summed E-state index contributed by atoms with van der Waals surface area (Å²) >= 11 is 0. The lowest BCUT2D eigenvalue weighted by atomic mass is 9.82. The van der Waals surface area contributed by atoms with Crippen molar-refractivity contribution in [1.29, 1.82) is 5.26 Å². The first-order valence-corrected chi connectivity index (χ1v) is 37.7. The van der Waals surface area contributed by atoms with Crippen LogP contribution in [0.2, 0.25) is 0 Å². The van der Waals surface area contributed by atoms with E-state index in [0.717, 1.165) is 55.4 Å². The number of nitrogens with one attached hydrogen (secondary N) is 5. The number of aliphatic imine (C=N–C) groups is 2. The molecular formula is C96H64FN15O11. The van der Waals surface area contributed by atoms with Crippen molar-refractivity contribution in [2.75, 3.05) is 23.0 Å². The summed E-state index contributed by atoms with van der Waals surface area (Å²) in [5, 5.41) is 75.1. The van der Waals surface area contributed by atoms with Crippen molar-refractivity contribution in [3.05, 3.63) is 345 Å². The Balaban J connectivity index is 0.000000131. The summed E-state index contributed by atoms with van der Waals surface area (Å²) in [4.78, 5) is 122. The molecule has 8 bridgehead atoms. The van der Waals surface area contributed by atoms with Crippen molar-refractivity contribution in [2.24, 2.45) is 9.98 Å². The summed E-state index contributed by atoms with van der Waals surface area (Å²) in [6.07, 6.45) is 2.43. The van der Waals surface area contributed by atoms with Gasteiger partial charge in [0.15, 0.2) is 52.1 Å². The van der Waals surface area contributed by atoms with Gasteiger partial charge in [0.25, 0.3) is 0 Å². The predicted octanol–water partition coefficient (Wildman–Crippen LogP) is 18.6. The van der Waals surface area contributed by atoms with Crippen LogP contribution in [0.4, 0.5) is 27.5 Å². The van der Waals surface area contributed by atoms with Gasteiger partial charge < -0.3 is 56.3 Å². The molecule has 0 unspecified atom stereocenters. The Labute approximate surface area is 697 Å². The molecule has 0 radical (unpaired) electrons. The van der Waals surface area contributed by atoms with Crippen molar-refractivity contribution in [3.63, 3.8) is 0 Å². The van der Waals surface area contributed by atoms with Crippen LogP contribution in [-0.2, 0) is 4.79 Å². The number of benzene rings is 13. The summed E-state index contributed by atoms with van der Waals surface area (Å²) in [6, 6.07) is 78.9. The molecule has 0 fully saturated rings. The normalized spacial score (nSPS) is 12.1. The SMILES string of the molecule is CC(=O)Nc1ccc(Nc2ccc(O)c3c2C(=O)c2ccccc2C3=O)cc1.CNc1ccc(O)c2c1C(=O)c1ccccc1C2=O.F.[C-]#[N+]/C(N=Cc1c(O)c(C(=O)O)cc2ccccc12)=C(\C#N)N=Cc1c(O)ccc2ccccc12.[HH].c1ccc2c(c1)-c1nc-2nc2[nH]c(nc3nc(nc4[nH]c(n1)c1ccccc41)-c1ccccc1-3)c1ccccc21. The fourth-order valence-corrected chi connectivity index (χ4v) is 14.9. The molecule has 0 spiro atoms. The minimum Gasteiger partial charge on any atom is -0.507 e. The zero-order chi connectivity index (χ0) is 84.6. The Kier molecular flexibility index (Phi) is 21.2. The van der Waals surface area contributed by atoms with Crippen molar-refractivity contribution in [1.82, 2.24) is 39.9 Å². The van der Waals surface area contributed by atoms with Gasteiger partial charge in [0.05, 0.1) is 33.5 Å². The molecule has 123 heavy (non-hydrogen) atoms. The van der Waals surface area contributed by atoms with E-state index in [1.54, 1.807) is 134 Å². The number of hydrogen-bond acceptors (Lipinski definition) is 21. The lowest BCUT2D eigenvalue weighted by Gasteiger charge is -2.21. The third kappa shape index (κ3) is 14.8. The predicted molar refractivity (Wildman–Crippen MR) is 470 cm³/mol. The molecule has 13 aromatic carbocycles. The number of amides is 1. The Morgan fingerprint density at radius 1 is 0.439 bits per heavy atom. The highest BCUT2D eigenvalue weighted by molar-refractivity contribution is 6.32. The molecule has 3 aromatic heterocycles. The lowest BCUT2D eigenvalue weighted by Crippen LogP contribution is -2.22. The van der Waals surface area contributed by atoms with Crippen LogP contribution in [0.1, 0.15) is 93.5 Å². The number of allylic oxidation sites excluding steroid dienone is 1. The zero-order valence-corrected chi connectivity index (χ0v) is 64.5. The number of nitrogens with zero attached hydrogens (tertiary/aromatic N) is 10. The second kappa shape index (κ2) is 33.0. The van der Waals surface area contributed by atoms with Gasteiger partial charge in [0, 0.05) is 110 Å². The Hall–Kier alpha value is -17.9. The smallest absolute Gasteiger partial charge is 0.339 e. The van der Waals surface area contributed by atoms with E-state index in [1.165, 1.54) is 37.4 Å². The van der Waals surface area contributed by atoms with Gasteiger partial charge in [-0.2, -0.15) is 5.26 Å². The maximum absolute atomic E-state index is 13.0. The summed E-state index contributed by atoms with van der Waals surface area (Å²) in [5.74, 6) is -1.68. The fraction of sp³-hybridized carbons (Fsp3) is 0.0208. The highest BCUT2D eigenvalue weighted by Crippen LogP contribution is 2.42. The highest BCUT2D eigenvalue weighted by Gasteiger charge is 2.36. The molecule has 596 valence electrons. The van der Waals surface area contributed by atoms with Gasteiger partial charge in [-0.15, -0.1) is 4.99 Å². The molecule has 2 aliphatic heterocycles. The summed E-state index contributed by atoms with van der Waals surface area (Å²) < 4.78 is 0. The summed E-state index contributed by atoms with van der Waals surface area (Å²) in [7, 11) is 1.67. The lowest BCUT2D eigenvalue weighted by molar-refractivity contribution is -0.114. The molecule has 5 heterocycles. The summed E-state index contributed by atoms with van der Waals surface area (Å²) in [6.45, 7) is 8.89. The van der Waals surface area contributed by atoms with Crippen molar-refractivity contribution in [2.45, 2.75) is 6.92 Å². The van der Waals surface area contributed by atoms with Gasteiger partial charge in [0.1, 0.15) is 63.4 Å². The van der Waals surface area contributed by atoms with E-state index < -0.39 is 11.7 Å². The molecule has 0 saturated heterocycles. The third-order valence-corrected chi connectivity index (χ3v) is 20.6. The molecule has 0 atom stereocenters. The van der Waals surface area contributed by atoms with Crippen LogP contribution < -0.4 is 16.0 Å². The van der Waals surface area contributed by atoms with E-state index in [9.17, 15) is 59.6 Å². The number of carboxylic acids is 1. The Morgan fingerprint density at radius 3 is 1.23 bits per heavy atom. The molecule has 20 rings (SSSR count). The van der Waals surface area contributed by atoms with Gasteiger partial charge in [-0.25, -0.2) is 34.7 Å². The second-order valence-electron chi connectivity index (χ2n) is 27.9. The van der Waals surface area contributed by atoms with Crippen LogP contribution in [0.5, 0.6) is 23.0 Å². The number of rotatable bonds is 9. The maximum atomic E-state index is 13.0. The molecule has 27 heteroatoms. The molecule has 0 saturated carbocycles. The van der Waals surface area contributed by atoms with Crippen LogP contribution >= 0.6 is 0 Å². The van der Waals surface area contributed by atoms with Crippen molar-refractivity contribution < 1.29 is 60.4 Å². The van der Waals surface area contributed by atoms with Gasteiger partial charge in [-0.3, -0.25) is 33.7 Å². The van der Waals surface area contributed by atoms with E-state index in [0.29, 0.717) is 107 Å². The largest absolute Gasteiger partial charge is 0.507 e. The number of aromatic nitrogens is 8. The Bertz CT molecular complexity index is 7280. The quantitative estimate of drug-likeness (QED) is 0.0278. The molecule has 1 amide bonds. The molecule has 26 nitrogen and oxygen atoms in total. The number of H-pyrrole nitrogens is 2. The number of carbonyl (C=O) groups is 6. The number of carbonyl (C=O) groups excluding carboxylic acids is 5. The van der Waals surface area contributed by atoms with Crippen LogP contribution in [0, 0.1) is 17.9 Å². The number of ketones is 4. The zero-order valence-electron chi connectivity index (χ0n) is 64.5. The van der Waals surface area contributed by atoms with Gasteiger partial charge in [0.2, 0.25) is 5.91 Å². The van der Waals surface area contributed by atoms with Crippen LogP contribution in [0.3, 0.4) is 0 Å². The molecule has 16 aromatic rings. The number of nitriles is 1. The first-order chi connectivity index (χ1) is 59.3. The topological polar surface area (TPSA) is 401 Å². The number of fused-ring (bicyclic) bond motifs is 26. The van der Waals surface area contributed by atoms with Crippen LogP contribution in [0.25, 0.3) is 116 Å². The van der Waals surface area contributed by atoms with Crippen molar-refractivity contribution >= 4 is 136 Å². The van der Waals surface area contributed by atoms with Gasteiger partial charge in [-0.1, -0.05) is 207 Å². The van der Waals surface area contributed by atoms with Crippen LogP contribution in [-0.4, -0.2) is 120 Å². The number of phenolic OH excluding ortho intramolecular Hbond substituents is 3.